The monoisotopic (exact) mass is 386 g/mol. The quantitative estimate of drug-likeness (QED) is 0.206. The summed E-state index contributed by atoms with van der Waals surface area (Å²) in [6, 6.07) is 0. The number of hydrogen-bond acceptors (Lipinski definition) is 2. The van der Waals surface area contributed by atoms with Crippen LogP contribution in [0.15, 0.2) is 0 Å². The van der Waals surface area contributed by atoms with Crippen LogP contribution in [-0.4, -0.2) is 54.0 Å². The SMILES string of the molecule is CCCCCCCCCCCCC(O)C[N+](C)(C)CCCCCCC(=O)O. The van der Waals surface area contributed by atoms with E-state index in [-0.39, 0.29) is 12.5 Å². The molecule has 2 N–H and O–H groups in total. The minimum atomic E-state index is -0.693. The molecule has 0 fully saturated rings. The fourth-order valence-electron chi connectivity index (χ4n) is 3.79. The van der Waals surface area contributed by atoms with Gasteiger partial charge in [-0.1, -0.05) is 77.6 Å². The number of rotatable bonds is 20. The molecule has 1 unspecified atom stereocenters. The molecule has 27 heavy (non-hydrogen) atoms. The molecule has 0 saturated carbocycles. The zero-order valence-electron chi connectivity index (χ0n) is 18.6. The molecule has 0 bridgehead atoms. The van der Waals surface area contributed by atoms with Gasteiger partial charge in [0, 0.05) is 6.42 Å². The van der Waals surface area contributed by atoms with Gasteiger partial charge in [-0.25, -0.2) is 0 Å². The number of carboxylic acid groups (broad SMARTS) is 1. The van der Waals surface area contributed by atoms with Gasteiger partial charge in [-0.3, -0.25) is 4.79 Å². The van der Waals surface area contributed by atoms with Gasteiger partial charge >= 0.3 is 5.97 Å². The van der Waals surface area contributed by atoms with E-state index in [9.17, 15) is 9.90 Å². The maximum atomic E-state index is 10.5. The Kier molecular flexibility index (Phi) is 17.1. The lowest BCUT2D eigenvalue weighted by molar-refractivity contribution is -0.893. The number of aliphatic carboxylic acids is 1. The summed E-state index contributed by atoms with van der Waals surface area (Å²) in [7, 11) is 4.39. The molecule has 0 heterocycles. The van der Waals surface area contributed by atoms with Crippen LogP contribution >= 0.6 is 0 Å². The van der Waals surface area contributed by atoms with Crippen LogP contribution in [0.3, 0.4) is 0 Å². The Hall–Kier alpha value is -0.610. The topological polar surface area (TPSA) is 57.5 Å². The molecule has 0 spiro atoms. The van der Waals surface area contributed by atoms with Crippen LogP contribution in [0.25, 0.3) is 0 Å². The van der Waals surface area contributed by atoms with Gasteiger partial charge < -0.3 is 14.7 Å². The normalized spacial score (nSPS) is 13.0. The highest BCUT2D eigenvalue weighted by Gasteiger charge is 2.19. The lowest BCUT2D eigenvalue weighted by atomic mass is 10.0. The standard InChI is InChI=1S/C23H47NO3/c1-4-5-6-7-8-9-10-11-12-15-18-22(25)21-24(2,3)20-17-14-13-16-19-23(26)27/h22,25H,4-21H2,1-3H3/p+1. The summed E-state index contributed by atoms with van der Waals surface area (Å²) in [4.78, 5) is 10.5. The van der Waals surface area contributed by atoms with E-state index in [0.717, 1.165) is 56.1 Å². The third kappa shape index (κ3) is 19.9. The van der Waals surface area contributed by atoms with Gasteiger partial charge in [0.15, 0.2) is 0 Å². The lowest BCUT2D eigenvalue weighted by Gasteiger charge is -2.32. The van der Waals surface area contributed by atoms with Crippen LogP contribution in [0, 0.1) is 0 Å². The average Bonchev–Trinajstić information content (AvgIpc) is 2.59. The molecule has 0 radical (unpaired) electrons. The van der Waals surface area contributed by atoms with Gasteiger partial charge in [-0.2, -0.15) is 0 Å². The van der Waals surface area contributed by atoms with Gasteiger partial charge in [-0.05, 0) is 25.7 Å². The fourth-order valence-corrected chi connectivity index (χ4v) is 3.79. The van der Waals surface area contributed by atoms with Crippen molar-refractivity contribution in [2.45, 2.75) is 116 Å². The van der Waals surface area contributed by atoms with Gasteiger partial charge in [0.05, 0.1) is 20.6 Å². The Morgan fingerprint density at radius 3 is 1.81 bits per heavy atom. The summed E-state index contributed by atoms with van der Waals surface area (Å²) in [5.74, 6) is -0.693. The number of aliphatic hydroxyl groups is 1. The van der Waals surface area contributed by atoms with Crippen LogP contribution in [0.5, 0.6) is 0 Å². The third-order valence-corrected chi connectivity index (χ3v) is 5.50. The second-order valence-corrected chi connectivity index (χ2v) is 9.02. The maximum absolute atomic E-state index is 10.5. The molecule has 0 aliphatic rings. The highest BCUT2D eigenvalue weighted by molar-refractivity contribution is 5.66. The van der Waals surface area contributed by atoms with E-state index in [1.54, 1.807) is 0 Å². The molecule has 0 aliphatic heterocycles. The molecule has 1 atom stereocenters. The van der Waals surface area contributed by atoms with Gasteiger partial charge in [0.2, 0.25) is 0 Å². The van der Waals surface area contributed by atoms with E-state index >= 15 is 0 Å². The number of carboxylic acids is 1. The third-order valence-electron chi connectivity index (χ3n) is 5.50. The van der Waals surface area contributed by atoms with Crippen molar-refractivity contribution in [3.8, 4) is 0 Å². The first-order chi connectivity index (χ1) is 12.9. The molecular weight excluding hydrogens is 338 g/mol. The average molecular weight is 387 g/mol. The second kappa shape index (κ2) is 17.5. The number of aliphatic hydroxyl groups excluding tert-OH is 1. The van der Waals surface area contributed by atoms with Crippen molar-refractivity contribution < 1.29 is 19.5 Å². The van der Waals surface area contributed by atoms with Crippen molar-refractivity contribution in [2.24, 2.45) is 0 Å². The van der Waals surface area contributed by atoms with E-state index in [1.165, 1.54) is 57.8 Å². The first-order valence-corrected chi connectivity index (χ1v) is 11.6. The first kappa shape index (κ1) is 26.4. The number of likely N-dealkylation sites (N-methyl/N-ethyl adjacent to an activating group) is 1. The van der Waals surface area contributed by atoms with Crippen LogP contribution in [0.2, 0.25) is 0 Å². The van der Waals surface area contributed by atoms with Crippen molar-refractivity contribution in [1.29, 1.82) is 0 Å². The molecule has 4 heteroatoms. The van der Waals surface area contributed by atoms with E-state index < -0.39 is 5.97 Å². The zero-order chi connectivity index (χ0) is 20.4. The predicted molar refractivity (Wildman–Crippen MR) is 115 cm³/mol. The number of unbranched alkanes of at least 4 members (excludes halogenated alkanes) is 12. The number of hydrogen-bond donors (Lipinski definition) is 2. The van der Waals surface area contributed by atoms with Gasteiger partial charge in [-0.15, -0.1) is 0 Å². The molecule has 162 valence electrons. The molecule has 0 rings (SSSR count). The molecule has 0 amide bonds. The minimum absolute atomic E-state index is 0.193. The summed E-state index contributed by atoms with van der Waals surface area (Å²) in [5.41, 5.74) is 0. The zero-order valence-corrected chi connectivity index (χ0v) is 18.6. The van der Waals surface area contributed by atoms with Crippen LogP contribution in [0.1, 0.15) is 110 Å². The number of carbonyl (C=O) groups is 1. The Balaban J connectivity index is 3.52. The Morgan fingerprint density at radius 1 is 0.778 bits per heavy atom. The smallest absolute Gasteiger partial charge is 0.303 e. The fraction of sp³-hybridized carbons (Fsp3) is 0.957. The summed E-state index contributed by atoms with van der Waals surface area (Å²) in [5, 5.41) is 19.0. The van der Waals surface area contributed by atoms with Crippen molar-refractivity contribution >= 4 is 5.97 Å². The van der Waals surface area contributed by atoms with E-state index in [4.69, 9.17) is 5.11 Å². The van der Waals surface area contributed by atoms with Crippen molar-refractivity contribution in [1.82, 2.24) is 0 Å². The molecule has 0 aliphatic carbocycles. The van der Waals surface area contributed by atoms with Crippen LogP contribution in [0.4, 0.5) is 0 Å². The molecule has 0 aromatic rings. The van der Waals surface area contributed by atoms with E-state index in [1.807, 2.05) is 0 Å². The van der Waals surface area contributed by atoms with Crippen molar-refractivity contribution in [2.75, 3.05) is 27.2 Å². The summed E-state index contributed by atoms with van der Waals surface area (Å²) in [6.07, 6.45) is 18.3. The molecule has 4 nitrogen and oxygen atoms in total. The Labute approximate surface area is 168 Å². The largest absolute Gasteiger partial charge is 0.481 e. The van der Waals surface area contributed by atoms with Crippen molar-refractivity contribution in [3.63, 3.8) is 0 Å². The Morgan fingerprint density at radius 2 is 1.26 bits per heavy atom. The maximum Gasteiger partial charge on any atom is 0.303 e. The van der Waals surface area contributed by atoms with Gasteiger partial charge in [0.1, 0.15) is 12.6 Å². The molecule has 0 saturated heterocycles. The first-order valence-electron chi connectivity index (χ1n) is 11.6. The number of quaternary nitrogens is 1. The summed E-state index contributed by atoms with van der Waals surface area (Å²) in [6.45, 7) is 4.15. The predicted octanol–water partition coefficient (Wildman–Crippen LogP) is 5.77. The molecular formula is C23H48NO3+. The second-order valence-electron chi connectivity index (χ2n) is 9.02. The van der Waals surface area contributed by atoms with Crippen LogP contribution in [-0.2, 0) is 4.79 Å². The van der Waals surface area contributed by atoms with E-state index in [0.29, 0.717) is 0 Å². The minimum Gasteiger partial charge on any atom is -0.481 e. The van der Waals surface area contributed by atoms with Gasteiger partial charge in [0.25, 0.3) is 0 Å². The number of nitrogens with zero attached hydrogens (tertiary/aromatic N) is 1. The molecule has 0 aromatic heterocycles. The summed E-state index contributed by atoms with van der Waals surface area (Å²) >= 11 is 0. The lowest BCUT2D eigenvalue weighted by Crippen LogP contribution is -2.45. The summed E-state index contributed by atoms with van der Waals surface area (Å²) < 4.78 is 0.859. The van der Waals surface area contributed by atoms with E-state index in [2.05, 4.69) is 21.0 Å². The highest BCUT2D eigenvalue weighted by atomic mass is 16.4. The molecule has 0 aromatic carbocycles. The highest BCUT2D eigenvalue weighted by Crippen LogP contribution is 2.14. The Bertz CT molecular complexity index is 345. The van der Waals surface area contributed by atoms with Crippen LogP contribution < -0.4 is 0 Å². The van der Waals surface area contributed by atoms with Crippen molar-refractivity contribution in [3.05, 3.63) is 0 Å².